The van der Waals surface area contributed by atoms with E-state index in [1.807, 2.05) is 13.0 Å². The maximum absolute atomic E-state index is 11.2. The Balaban J connectivity index is 2.40. The van der Waals surface area contributed by atoms with Crippen molar-refractivity contribution in [3.05, 3.63) is 46.3 Å². The molecule has 0 atom stereocenters. The summed E-state index contributed by atoms with van der Waals surface area (Å²) in [6, 6.07) is 6.90. The van der Waals surface area contributed by atoms with Gasteiger partial charge < -0.3 is 5.11 Å². The molecule has 0 spiro atoms. The molecular weight excluding hydrogens is 324 g/mol. The molecule has 0 bridgehead atoms. The van der Waals surface area contributed by atoms with Crippen LogP contribution in [-0.4, -0.2) is 30.7 Å². The predicted octanol–water partition coefficient (Wildman–Crippen LogP) is 2.56. The van der Waals surface area contributed by atoms with E-state index < -0.39 is 5.97 Å². The van der Waals surface area contributed by atoms with E-state index in [0.717, 1.165) is 5.56 Å². The minimum absolute atomic E-state index is 0.0337. The second-order valence-electron chi connectivity index (χ2n) is 4.20. The number of pyridine rings is 1. The number of halogens is 1. The molecule has 3 rings (SSSR count). The lowest BCUT2D eigenvalue weighted by molar-refractivity contribution is 0.0690. The van der Waals surface area contributed by atoms with Gasteiger partial charge in [-0.05, 0) is 41.1 Å². The van der Waals surface area contributed by atoms with Crippen molar-refractivity contribution in [1.29, 1.82) is 0 Å². The van der Waals surface area contributed by atoms with Crippen molar-refractivity contribution >= 4 is 27.5 Å². The Morgan fingerprint density at radius 2 is 2.20 bits per heavy atom. The van der Waals surface area contributed by atoms with Crippen LogP contribution in [0.1, 0.15) is 16.1 Å². The molecule has 0 aromatic carbocycles. The van der Waals surface area contributed by atoms with Crippen molar-refractivity contribution in [2.75, 3.05) is 0 Å². The molecule has 0 aliphatic heterocycles. The smallest absolute Gasteiger partial charge is 0.354 e. The molecule has 0 saturated heterocycles. The number of rotatable bonds is 2. The number of carbonyl (C=O) groups is 1. The van der Waals surface area contributed by atoms with E-state index in [2.05, 4.69) is 31.0 Å². The SMILES string of the molecule is Cc1c(Br)nn2c(-c3ccccn3)cc(C(=O)O)nc12. The minimum Gasteiger partial charge on any atom is -0.477 e. The number of nitrogens with zero attached hydrogens (tertiary/aromatic N) is 4. The molecule has 0 aliphatic rings. The minimum atomic E-state index is -1.08. The number of hydrogen-bond donors (Lipinski definition) is 1. The zero-order valence-electron chi connectivity index (χ0n) is 10.4. The van der Waals surface area contributed by atoms with Crippen LogP contribution < -0.4 is 0 Å². The molecule has 20 heavy (non-hydrogen) atoms. The van der Waals surface area contributed by atoms with Gasteiger partial charge in [-0.25, -0.2) is 14.3 Å². The summed E-state index contributed by atoms with van der Waals surface area (Å²) in [6.07, 6.45) is 1.65. The van der Waals surface area contributed by atoms with Crippen LogP contribution in [0.15, 0.2) is 35.1 Å². The standard InChI is InChI=1S/C13H9BrN4O2/c1-7-11(14)17-18-10(8-4-2-3-5-15-8)6-9(13(19)20)16-12(7)18/h2-6H,1H3,(H,19,20). The normalized spacial score (nSPS) is 10.9. The topological polar surface area (TPSA) is 80.4 Å². The van der Waals surface area contributed by atoms with Gasteiger partial charge in [-0.15, -0.1) is 0 Å². The van der Waals surface area contributed by atoms with Gasteiger partial charge in [0, 0.05) is 11.8 Å². The van der Waals surface area contributed by atoms with Gasteiger partial charge in [0.15, 0.2) is 11.3 Å². The first kappa shape index (κ1) is 12.7. The summed E-state index contributed by atoms with van der Waals surface area (Å²) in [7, 11) is 0. The van der Waals surface area contributed by atoms with Gasteiger partial charge in [0.05, 0.1) is 11.4 Å². The predicted molar refractivity (Wildman–Crippen MR) is 75.6 cm³/mol. The second-order valence-corrected chi connectivity index (χ2v) is 4.95. The third-order valence-electron chi connectivity index (χ3n) is 2.91. The Hall–Kier alpha value is -2.28. The van der Waals surface area contributed by atoms with Gasteiger partial charge >= 0.3 is 5.97 Å². The average Bonchev–Trinajstić information content (AvgIpc) is 2.74. The van der Waals surface area contributed by atoms with Crippen LogP contribution in [0.3, 0.4) is 0 Å². The number of aromatic carboxylic acids is 1. The summed E-state index contributed by atoms with van der Waals surface area (Å²) in [6.45, 7) is 1.83. The molecule has 7 heteroatoms. The van der Waals surface area contributed by atoms with E-state index in [1.165, 1.54) is 6.07 Å². The molecule has 0 unspecified atom stereocenters. The van der Waals surface area contributed by atoms with Crippen LogP contribution in [0.4, 0.5) is 0 Å². The molecule has 0 aliphatic carbocycles. The fraction of sp³-hybridized carbons (Fsp3) is 0.0769. The Morgan fingerprint density at radius 1 is 1.40 bits per heavy atom. The van der Waals surface area contributed by atoms with Gasteiger partial charge in [-0.2, -0.15) is 5.10 Å². The third kappa shape index (κ3) is 1.96. The monoisotopic (exact) mass is 332 g/mol. The highest BCUT2D eigenvalue weighted by Crippen LogP contribution is 2.24. The van der Waals surface area contributed by atoms with Gasteiger partial charge in [-0.1, -0.05) is 6.07 Å². The van der Waals surface area contributed by atoms with Crippen LogP contribution in [-0.2, 0) is 0 Å². The lowest BCUT2D eigenvalue weighted by Crippen LogP contribution is -2.06. The van der Waals surface area contributed by atoms with Crippen molar-refractivity contribution < 1.29 is 9.90 Å². The van der Waals surface area contributed by atoms with E-state index in [9.17, 15) is 9.90 Å². The van der Waals surface area contributed by atoms with Crippen molar-refractivity contribution in [2.45, 2.75) is 6.92 Å². The zero-order valence-corrected chi connectivity index (χ0v) is 12.0. The zero-order chi connectivity index (χ0) is 14.3. The highest BCUT2D eigenvalue weighted by Gasteiger charge is 2.17. The number of carboxylic acid groups (broad SMARTS) is 1. The third-order valence-corrected chi connectivity index (χ3v) is 3.66. The first-order valence-electron chi connectivity index (χ1n) is 5.78. The van der Waals surface area contributed by atoms with Crippen molar-refractivity contribution in [3.8, 4) is 11.4 Å². The van der Waals surface area contributed by atoms with Crippen LogP contribution >= 0.6 is 15.9 Å². The average molecular weight is 333 g/mol. The van der Waals surface area contributed by atoms with Gasteiger partial charge in [-0.3, -0.25) is 4.98 Å². The Kier molecular flexibility index (Phi) is 2.98. The molecular formula is C13H9BrN4O2. The highest BCUT2D eigenvalue weighted by molar-refractivity contribution is 9.10. The van der Waals surface area contributed by atoms with E-state index in [1.54, 1.807) is 22.8 Å². The Morgan fingerprint density at radius 3 is 2.85 bits per heavy atom. The van der Waals surface area contributed by atoms with Crippen LogP contribution in [0, 0.1) is 6.92 Å². The molecule has 6 nitrogen and oxygen atoms in total. The molecule has 3 heterocycles. The maximum atomic E-state index is 11.2. The second kappa shape index (κ2) is 4.68. The summed E-state index contributed by atoms with van der Waals surface area (Å²) in [5.74, 6) is -1.08. The molecule has 0 radical (unpaired) electrons. The molecule has 100 valence electrons. The summed E-state index contributed by atoms with van der Waals surface area (Å²) in [4.78, 5) is 19.6. The first-order chi connectivity index (χ1) is 9.58. The molecule has 0 amide bonds. The largest absolute Gasteiger partial charge is 0.477 e. The van der Waals surface area contributed by atoms with Gasteiger partial charge in [0.25, 0.3) is 0 Å². The molecule has 0 fully saturated rings. The summed E-state index contributed by atoms with van der Waals surface area (Å²) >= 11 is 3.34. The number of fused-ring (bicyclic) bond motifs is 1. The van der Waals surface area contributed by atoms with Gasteiger partial charge in [0.1, 0.15) is 4.60 Å². The van der Waals surface area contributed by atoms with Crippen molar-refractivity contribution in [2.24, 2.45) is 0 Å². The van der Waals surface area contributed by atoms with E-state index in [4.69, 9.17) is 0 Å². The lowest BCUT2D eigenvalue weighted by Gasteiger charge is -2.05. The Bertz CT molecular complexity index is 814. The quantitative estimate of drug-likeness (QED) is 0.780. The van der Waals surface area contributed by atoms with E-state index >= 15 is 0 Å². The van der Waals surface area contributed by atoms with Crippen molar-refractivity contribution in [1.82, 2.24) is 19.6 Å². The molecule has 3 aromatic heterocycles. The lowest BCUT2D eigenvalue weighted by atomic mass is 10.2. The molecule has 0 saturated carbocycles. The fourth-order valence-corrected chi connectivity index (χ4v) is 2.24. The van der Waals surface area contributed by atoms with E-state index in [-0.39, 0.29) is 5.69 Å². The maximum Gasteiger partial charge on any atom is 0.354 e. The number of hydrogen-bond acceptors (Lipinski definition) is 4. The molecule has 3 aromatic rings. The van der Waals surface area contributed by atoms with Crippen LogP contribution in [0.2, 0.25) is 0 Å². The van der Waals surface area contributed by atoms with Crippen molar-refractivity contribution in [3.63, 3.8) is 0 Å². The number of aryl methyl sites for hydroxylation is 1. The summed E-state index contributed by atoms with van der Waals surface area (Å²) in [5.41, 5.74) is 2.47. The molecule has 1 N–H and O–H groups in total. The number of carboxylic acids is 1. The fourth-order valence-electron chi connectivity index (χ4n) is 1.90. The first-order valence-corrected chi connectivity index (χ1v) is 6.58. The van der Waals surface area contributed by atoms with Gasteiger partial charge in [0.2, 0.25) is 0 Å². The summed E-state index contributed by atoms with van der Waals surface area (Å²) in [5, 5.41) is 13.5. The summed E-state index contributed by atoms with van der Waals surface area (Å²) < 4.78 is 2.22. The van der Waals surface area contributed by atoms with E-state index in [0.29, 0.717) is 21.6 Å². The number of aromatic nitrogens is 4. The Labute approximate surface area is 122 Å². The van der Waals surface area contributed by atoms with Crippen LogP contribution in [0.5, 0.6) is 0 Å². The van der Waals surface area contributed by atoms with Crippen LogP contribution in [0.25, 0.3) is 17.0 Å². The highest BCUT2D eigenvalue weighted by atomic mass is 79.9.